The van der Waals surface area contributed by atoms with Gasteiger partial charge in [0.15, 0.2) is 0 Å². The van der Waals surface area contributed by atoms with Gasteiger partial charge in [0.1, 0.15) is 0 Å². The van der Waals surface area contributed by atoms with Gasteiger partial charge in [-0.3, -0.25) is 4.57 Å². The Bertz CT molecular complexity index is 400. The minimum atomic E-state index is -0.0944. The van der Waals surface area contributed by atoms with Gasteiger partial charge in [0.05, 0.1) is 17.7 Å². The normalized spacial score (nSPS) is 10.3. The fourth-order valence-corrected chi connectivity index (χ4v) is 1.51. The van der Waals surface area contributed by atoms with Gasteiger partial charge >= 0.3 is 5.69 Å². The molecule has 62 valence electrons. The second-order valence-corrected chi connectivity index (χ2v) is 3.09. The summed E-state index contributed by atoms with van der Waals surface area (Å²) in [5.41, 5.74) is 2.58. The Morgan fingerprint density at radius 1 is 1.67 bits per heavy atom. The molecule has 0 aliphatic rings. The summed E-state index contributed by atoms with van der Waals surface area (Å²) in [5.74, 6) is 0. The zero-order chi connectivity index (χ0) is 8.39. The average molecular weight is 181 g/mol. The maximum Gasteiger partial charge on any atom is 0.325 e. The molecule has 2 heterocycles. The molecule has 0 bridgehead atoms. The number of nitrogens with one attached hydrogen (secondary N) is 1. The maximum atomic E-state index is 11.0. The summed E-state index contributed by atoms with van der Waals surface area (Å²) in [5, 5.41) is 1.93. The zero-order valence-corrected chi connectivity index (χ0v) is 7.04. The van der Waals surface area contributed by atoms with Gasteiger partial charge in [0, 0.05) is 17.8 Å². The Balaban J connectivity index is 2.25. The number of hydrogen-bond acceptors (Lipinski definition) is 3. The van der Waals surface area contributed by atoms with Gasteiger partial charge in [0.25, 0.3) is 0 Å². The van der Waals surface area contributed by atoms with Gasteiger partial charge in [-0.25, -0.2) is 9.78 Å². The van der Waals surface area contributed by atoms with Crippen LogP contribution in [-0.2, 0) is 6.54 Å². The fraction of sp³-hybridized carbons (Fsp3) is 0.143. The molecule has 2 rings (SSSR count). The van der Waals surface area contributed by atoms with E-state index >= 15 is 0 Å². The largest absolute Gasteiger partial charge is 0.325 e. The van der Waals surface area contributed by atoms with Crippen LogP contribution in [0.25, 0.3) is 0 Å². The van der Waals surface area contributed by atoms with Crippen LogP contribution in [0, 0.1) is 0 Å². The molecule has 0 saturated carbocycles. The highest BCUT2D eigenvalue weighted by atomic mass is 32.1. The highest BCUT2D eigenvalue weighted by molar-refractivity contribution is 7.07. The standard InChI is InChI=1S/C7H7N3OS/c11-7-8-1-2-10(7)3-6-4-12-5-9-6/h1-2,4-5H,3H2,(H,8,11). The van der Waals surface area contributed by atoms with Crippen LogP contribution < -0.4 is 5.69 Å². The number of hydrogen-bond donors (Lipinski definition) is 1. The van der Waals surface area contributed by atoms with Crippen LogP contribution in [-0.4, -0.2) is 14.5 Å². The lowest BCUT2D eigenvalue weighted by molar-refractivity contribution is 0.746. The number of H-pyrrole nitrogens is 1. The molecular weight excluding hydrogens is 174 g/mol. The van der Waals surface area contributed by atoms with E-state index in [0.717, 1.165) is 5.69 Å². The van der Waals surface area contributed by atoms with E-state index < -0.39 is 0 Å². The van der Waals surface area contributed by atoms with Crippen LogP contribution in [0.4, 0.5) is 0 Å². The van der Waals surface area contributed by atoms with Crippen LogP contribution in [0.1, 0.15) is 5.69 Å². The Hall–Kier alpha value is -1.36. The van der Waals surface area contributed by atoms with Gasteiger partial charge in [0.2, 0.25) is 0 Å². The van der Waals surface area contributed by atoms with Crippen molar-refractivity contribution >= 4 is 11.3 Å². The van der Waals surface area contributed by atoms with Gasteiger partial charge in [-0.05, 0) is 0 Å². The monoisotopic (exact) mass is 181 g/mol. The minimum absolute atomic E-state index is 0.0944. The first-order valence-corrected chi connectivity index (χ1v) is 4.41. The average Bonchev–Trinajstić information content (AvgIpc) is 2.65. The summed E-state index contributed by atoms with van der Waals surface area (Å²) >= 11 is 1.53. The molecule has 0 fully saturated rings. The van der Waals surface area contributed by atoms with E-state index in [0.29, 0.717) is 6.54 Å². The lowest BCUT2D eigenvalue weighted by Gasteiger charge is -1.94. The zero-order valence-electron chi connectivity index (χ0n) is 6.23. The van der Waals surface area contributed by atoms with E-state index in [1.54, 1.807) is 22.5 Å². The number of aromatic nitrogens is 3. The first-order chi connectivity index (χ1) is 5.86. The van der Waals surface area contributed by atoms with Crippen molar-refractivity contribution in [3.05, 3.63) is 39.5 Å². The molecular formula is C7H7N3OS. The van der Waals surface area contributed by atoms with E-state index in [1.165, 1.54) is 11.3 Å². The highest BCUT2D eigenvalue weighted by Crippen LogP contribution is 2.01. The summed E-state index contributed by atoms with van der Waals surface area (Å²) < 4.78 is 1.58. The van der Waals surface area contributed by atoms with Crippen LogP contribution >= 0.6 is 11.3 Å². The van der Waals surface area contributed by atoms with Crippen molar-refractivity contribution in [3.63, 3.8) is 0 Å². The van der Waals surface area contributed by atoms with Crippen molar-refractivity contribution in [1.82, 2.24) is 14.5 Å². The van der Waals surface area contributed by atoms with Crippen LogP contribution in [0.3, 0.4) is 0 Å². The Labute approximate surface area is 72.5 Å². The number of aromatic amines is 1. The summed E-state index contributed by atoms with van der Waals surface area (Å²) in [6.45, 7) is 0.547. The lowest BCUT2D eigenvalue weighted by Crippen LogP contribution is -2.16. The number of nitrogens with zero attached hydrogens (tertiary/aromatic N) is 2. The quantitative estimate of drug-likeness (QED) is 0.740. The second kappa shape index (κ2) is 2.94. The second-order valence-electron chi connectivity index (χ2n) is 2.37. The molecule has 2 aromatic heterocycles. The van der Waals surface area contributed by atoms with Gasteiger partial charge in [-0.1, -0.05) is 0 Å². The molecule has 0 amide bonds. The molecule has 0 atom stereocenters. The van der Waals surface area contributed by atoms with Crippen LogP contribution in [0.2, 0.25) is 0 Å². The first-order valence-electron chi connectivity index (χ1n) is 3.47. The van der Waals surface area contributed by atoms with Crippen LogP contribution in [0.15, 0.2) is 28.1 Å². The van der Waals surface area contributed by atoms with Crippen molar-refractivity contribution in [3.8, 4) is 0 Å². The van der Waals surface area contributed by atoms with E-state index in [1.807, 2.05) is 5.38 Å². The topological polar surface area (TPSA) is 50.7 Å². The Kier molecular flexibility index (Phi) is 1.79. The third-order valence-electron chi connectivity index (χ3n) is 1.54. The molecule has 0 radical (unpaired) electrons. The van der Waals surface area contributed by atoms with Crippen molar-refractivity contribution < 1.29 is 0 Å². The summed E-state index contributed by atoms with van der Waals surface area (Å²) in [7, 11) is 0. The minimum Gasteiger partial charge on any atom is -0.313 e. The highest BCUT2D eigenvalue weighted by Gasteiger charge is 1.98. The molecule has 0 saturated heterocycles. The van der Waals surface area contributed by atoms with Gasteiger partial charge in [-0.2, -0.15) is 0 Å². The number of thiazole rings is 1. The molecule has 0 aliphatic carbocycles. The third-order valence-corrected chi connectivity index (χ3v) is 2.17. The van der Waals surface area contributed by atoms with Crippen LogP contribution in [0.5, 0.6) is 0 Å². The molecule has 12 heavy (non-hydrogen) atoms. The Morgan fingerprint density at radius 3 is 3.17 bits per heavy atom. The summed E-state index contributed by atoms with van der Waals surface area (Å²) in [4.78, 5) is 17.7. The molecule has 2 aromatic rings. The van der Waals surface area contributed by atoms with Crippen molar-refractivity contribution in [1.29, 1.82) is 0 Å². The maximum absolute atomic E-state index is 11.0. The molecule has 0 aromatic carbocycles. The molecule has 0 unspecified atom stereocenters. The SMILES string of the molecule is O=c1[nH]ccn1Cc1cscn1. The predicted octanol–water partition coefficient (Wildman–Crippen LogP) is 0.681. The molecule has 0 aliphatic heterocycles. The predicted molar refractivity (Wildman–Crippen MR) is 46.3 cm³/mol. The van der Waals surface area contributed by atoms with Crippen molar-refractivity contribution in [2.24, 2.45) is 0 Å². The number of rotatable bonds is 2. The molecule has 0 spiro atoms. The van der Waals surface area contributed by atoms with E-state index in [2.05, 4.69) is 9.97 Å². The molecule has 1 N–H and O–H groups in total. The van der Waals surface area contributed by atoms with Crippen molar-refractivity contribution in [2.75, 3.05) is 0 Å². The fourth-order valence-electron chi connectivity index (χ4n) is 0.964. The van der Waals surface area contributed by atoms with E-state index in [-0.39, 0.29) is 5.69 Å². The number of imidazole rings is 1. The summed E-state index contributed by atoms with van der Waals surface area (Å²) in [6, 6.07) is 0. The van der Waals surface area contributed by atoms with Crippen molar-refractivity contribution in [2.45, 2.75) is 6.54 Å². The third kappa shape index (κ3) is 1.31. The smallest absolute Gasteiger partial charge is 0.313 e. The van der Waals surface area contributed by atoms with Gasteiger partial charge in [-0.15, -0.1) is 11.3 Å². The van der Waals surface area contributed by atoms with Gasteiger partial charge < -0.3 is 4.98 Å². The van der Waals surface area contributed by atoms with E-state index in [4.69, 9.17) is 0 Å². The summed E-state index contributed by atoms with van der Waals surface area (Å²) in [6.07, 6.45) is 3.33. The molecule has 4 nitrogen and oxygen atoms in total. The Morgan fingerprint density at radius 2 is 2.58 bits per heavy atom. The van der Waals surface area contributed by atoms with E-state index in [9.17, 15) is 4.79 Å². The lowest BCUT2D eigenvalue weighted by atomic mass is 10.5. The first kappa shape index (κ1) is 7.30. The molecule has 5 heteroatoms.